The van der Waals surface area contributed by atoms with E-state index in [1.807, 2.05) is 12.1 Å². The van der Waals surface area contributed by atoms with Gasteiger partial charge >= 0.3 is 0 Å². The van der Waals surface area contributed by atoms with Crippen LogP contribution in [-0.2, 0) is 6.42 Å². The van der Waals surface area contributed by atoms with E-state index in [1.54, 1.807) is 12.3 Å². The molecule has 1 aromatic carbocycles. The average molecular weight is 312 g/mol. The van der Waals surface area contributed by atoms with Crippen LogP contribution < -0.4 is 5.32 Å². The third kappa shape index (κ3) is 3.98. The van der Waals surface area contributed by atoms with Crippen molar-refractivity contribution >= 4 is 23.2 Å². The lowest BCUT2D eigenvalue weighted by atomic mass is 10.1. The van der Waals surface area contributed by atoms with Gasteiger partial charge in [-0.1, -0.05) is 35.3 Å². The van der Waals surface area contributed by atoms with Gasteiger partial charge in [0.15, 0.2) is 0 Å². The fraction of sp³-hybridized carbons (Fsp3) is 0.400. The molecule has 2 aromatic rings. The largest absolute Gasteiger partial charge is 0.342 e. The molecule has 2 rings (SSSR count). The van der Waals surface area contributed by atoms with Crippen LogP contribution in [0.3, 0.4) is 0 Å². The number of nitrogens with zero attached hydrogens (tertiary/aromatic N) is 1. The second-order valence-corrected chi connectivity index (χ2v) is 6.56. The molecule has 5 heteroatoms. The molecule has 1 aromatic heterocycles. The minimum absolute atomic E-state index is 0.117. The highest BCUT2D eigenvalue weighted by Crippen LogP contribution is 2.32. The van der Waals surface area contributed by atoms with Gasteiger partial charge in [0.2, 0.25) is 0 Å². The normalized spacial score (nSPS) is 11.8. The zero-order valence-electron chi connectivity index (χ0n) is 11.9. The van der Waals surface area contributed by atoms with Gasteiger partial charge in [-0.15, -0.1) is 0 Å². The zero-order chi connectivity index (χ0) is 14.8. The lowest BCUT2D eigenvalue weighted by molar-refractivity contribution is 0.427. The summed E-state index contributed by atoms with van der Waals surface area (Å²) in [6.07, 6.45) is 2.64. The first-order valence-electron chi connectivity index (χ1n) is 6.60. The summed E-state index contributed by atoms with van der Waals surface area (Å²) in [4.78, 5) is 7.68. The van der Waals surface area contributed by atoms with Crippen LogP contribution in [0.15, 0.2) is 24.4 Å². The van der Waals surface area contributed by atoms with E-state index in [-0.39, 0.29) is 5.54 Å². The highest BCUT2D eigenvalue weighted by atomic mass is 35.5. The van der Waals surface area contributed by atoms with E-state index in [4.69, 9.17) is 23.2 Å². The van der Waals surface area contributed by atoms with E-state index in [0.29, 0.717) is 10.0 Å². The van der Waals surface area contributed by atoms with Crippen LogP contribution in [0.2, 0.25) is 10.0 Å². The lowest BCUT2D eigenvalue weighted by Gasteiger charge is -2.19. The fourth-order valence-electron chi connectivity index (χ4n) is 1.89. The number of imidazole rings is 1. The molecule has 0 aliphatic heterocycles. The zero-order valence-corrected chi connectivity index (χ0v) is 13.4. The molecule has 0 bridgehead atoms. The topological polar surface area (TPSA) is 40.7 Å². The van der Waals surface area contributed by atoms with Crippen LogP contribution in [0, 0.1) is 0 Å². The molecular formula is C15H19Cl2N3. The van der Waals surface area contributed by atoms with E-state index < -0.39 is 0 Å². The maximum absolute atomic E-state index is 6.21. The molecule has 0 unspecified atom stereocenters. The van der Waals surface area contributed by atoms with Crippen LogP contribution in [0.25, 0.3) is 11.3 Å². The molecule has 0 fully saturated rings. The predicted molar refractivity (Wildman–Crippen MR) is 85.5 cm³/mol. The van der Waals surface area contributed by atoms with Crippen molar-refractivity contribution in [3.8, 4) is 11.3 Å². The molecule has 0 radical (unpaired) electrons. The van der Waals surface area contributed by atoms with Crippen molar-refractivity contribution in [3.05, 3.63) is 40.3 Å². The van der Waals surface area contributed by atoms with E-state index in [1.165, 1.54) is 0 Å². The Labute approximate surface area is 129 Å². The molecule has 0 aliphatic rings. The summed E-state index contributed by atoms with van der Waals surface area (Å²) in [6.45, 7) is 7.31. The van der Waals surface area contributed by atoms with Gasteiger partial charge in [-0.25, -0.2) is 4.98 Å². The third-order valence-corrected chi connectivity index (χ3v) is 3.71. The molecule has 3 nitrogen and oxygen atoms in total. The number of hydrogen-bond acceptors (Lipinski definition) is 2. The number of halogens is 2. The van der Waals surface area contributed by atoms with Crippen molar-refractivity contribution in [1.29, 1.82) is 0 Å². The first-order chi connectivity index (χ1) is 9.37. The Morgan fingerprint density at radius 3 is 2.70 bits per heavy atom. The standard InChI is InChI=1S/C15H19Cl2N3/c1-15(2,3)19-8-7-13-18-9-12(20-13)10-5-4-6-11(16)14(10)17/h4-6,9,19H,7-8H2,1-3H3,(H,18,20). The quantitative estimate of drug-likeness (QED) is 0.883. The van der Waals surface area contributed by atoms with Gasteiger partial charge in [-0.3, -0.25) is 0 Å². The van der Waals surface area contributed by atoms with E-state index >= 15 is 0 Å². The van der Waals surface area contributed by atoms with Crippen molar-refractivity contribution in [1.82, 2.24) is 15.3 Å². The Balaban J connectivity index is 2.07. The maximum atomic E-state index is 6.21. The van der Waals surface area contributed by atoms with Crippen molar-refractivity contribution in [3.63, 3.8) is 0 Å². The van der Waals surface area contributed by atoms with Gasteiger partial charge in [-0.05, 0) is 26.8 Å². The van der Waals surface area contributed by atoms with Gasteiger partial charge in [0, 0.05) is 24.1 Å². The molecule has 0 aliphatic carbocycles. The molecule has 0 saturated heterocycles. The summed E-state index contributed by atoms with van der Waals surface area (Å²) in [5.74, 6) is 0.938. The number of aromatic nitrogens is 2. The minimum Gasteiger partial charge on any atom is -0.342 e. The highest BCUT2D eigenvalue weighted by Gasteiger charge is 2.11. The summed E-state index contributed by atoms with van der Waals surface area (Å²) in [6, 6.07) is 5.59. The molecule has 0 amide bonds. The number of nitrogens with one attached hydrogen (secondary N) is 2. The number of benzene rings is 1. The molecule has 20 heavy (non-hydrogen) atoms. The number of aromatic amines is 1. The Kier molecular flexibility index (Phi) is 4.74. The smallest absolute Gasteiger partial charge is 0.107 e. The first kappa shape index (κ1) is 15.4. The molecule has 108 valence electrons. The van der Waals surface area contributed by atoms with E-state index in [2.05, 4.69) is 36.1 Å². The van der Waals surface area contributed by atoms with Crippen molar-refractivity contribution in [2.24, 2.45) is 0 Å². The van der Waals surface area contributed by atoms with E-state index in [0.717, 1.165) is 30.0 Å². The van der Waals surface area contributed by atoms with Gasteiger partial charge < -0.3 is 10.3 Å². The number of hydrogen-bond donors (Lipinski definition) is 2. The molecule has 0 spiro atoms. The Morgan fingerprint density at radius 2 is 2.00 bits per heavy atom. The maximum Gasteiger partial charge on any atom is 0.107 e. The first-order valence-corrected chi connectivity index (χ1v) is 7.36. The Hall–Kier alpha value is -1.03. The third-order valence-electron chi connectivity index (χ3n) is 2.89. The van der Waals surface area contributed by atoms with Crippen LogP contribution in [-0.4, -0.2) is 22.1 Å². The van der Waals surface area contributed by atoms with Gasteiger partial charge in [0.05, 0.1) is 21.9 Å². The van der Waals surface area contributed by atoms with Crippen LogP contribution >= 0.6 is 23.2 Å². The Bertz CT molecular complexity index is 585. The SMILES string of the molecule is CC(C)(C)NCCc1ncc(-c2cccc(Cl)c2Cl)[nH]1. The van der Waals surface area contributed by atoms with Crippen LogP contribution in [0.1, 0.15) is 26.6 Å². The van der Waals surface area contributed by atoms with Gasteiger partial charge in [-0.2, -0.15) is 0 Å². The second kappa shape index (κ2) is 6.17. The summed E-state index contributed by atoms with van der Waals surface area (Å²) < 4.78 is 0. The number of H-pyrrole nitrogens is 1. The summed E-state index contributed by atoms with van der Waals surface area (Å²) in [5, 5.41) is 4.54. The molecule has 2 N–H and O–H groups in total. The van der Waals surface area contributed by atoms with E-state index in [9.17, 15) is 0 Å². The highest BCUT2D eigenvalue weighted by molar-refractivity contribution is 6.43. The number of rotatable bonds is 4. The molecule has 0 saturated carbocycles. The fourth-order valence-corrected chi connectivity index (χ4v) is 2.30. The molecule has 0 atom stereocenters. The lowest BCUT2D eigenvalue weighted by Crippen LogP contribution is -2.37. The molecule has 1 heterocycles. The minimum atomic E-state index is 0.117. The molecular weight excluding hydrogens is 293 g/mol. The summed E-state index contributed by atoms with van der Waals surface area (Å²) in [5.41, 5.74) is 1.89. The summed E-state index contributed by atoms with van der Waals surface area (Å²) in [7, 11) is 0. The second-order valence-electron chi connectivity index (χ2n) is 5.77. The van der Waals surface area contributed by atoms with Gasteiger partial charge in [0.1, 0.15) is 5.82 Å². The Morgan fingerprint density at radius 1 is 1.25 bits per heavy atom. The van der Waals surface area contributed by atoms with Gasteiger partial charge in [0.25, 0.3) is 0 Å². The average Bonchev–Trinajstić information content (AvgIpc) is 2.79. The van der Waals surface area contributed by atoms with Crippen molar-refractivity contribution in [2.75, 3.05) is 6.54 Å². The predicted octanol–water partition coefficient (Wildman–Crippen LogP) is 4.31. The van der Waals surface area contributed by atoms with Crippen LogP contribution in [0.5, 0.6) is 0 Å². The van der Waals surface area contributed by atoms with Crippen LogP contribution in [0.4, 0.5) is 0 Å². The van der Waals surface area contributed by atoms with Crippen molar-refractivity contribution < 1.29 is 0 Å². The monoisotopic (exact) mass is 311 g/mol. The summed E-state index contributed by atoms with van der Waals surface area (Å²) >= 11 is 12.2. The van der Waals surface area contributed by atoms with Crippen molar-refractivity contribution in [2.45, 2.75) is 32.7 Å².